The van der Waals surface area contributed by atoms with Gasteiger partial charge in [-0.15, -0.1) is 0 Å². The molecule has 5 heteroatoms. The lowest BCUT2D eigenvalue weighted by atomic mass is 10.2. The highest BCUT2D eigenvalue weighted by molar-refractivity contribution is 5.90. The number of rotatable bonds is 3. The first-order valence-electron chi connectivity index (χ1n) is 5.55. The summed E-state index contributed by atoms with van der Waals surface area (Å²) in [6, 6.07) is 12.7. The molecule has 0 spiro atoms. The van der Waals surface area contributed by atoms with Gasteiger partial charge < -0.3 is 11.1 Å². The number of hydrogen-bond acceptors (Lipinski definition) is 3. The third-order valence-corrected chi connectivity index (χ3v) is 2.37. The van der Waals surface area contributed by atoms with Crippen LogP contribution in [0.1, 0.15) is 5.56 Å². The number of nitrogens with zero attached hydrogens (tertiary/aromatic N) is 1. The third-order valence-electron chi connectivity index (χ3n) is 2.37. The lowest BCUT2D eigenvalue weighted by molar-refractivity contribution is 0.251. The quantitative estimate of drug-likeness (QED) is 0.770. The molecule has 0 aliphatic heterocycles. The highest BCUT2D eigenvalue weighted by Crippen LogP contribution is 2.12. The van der Waals surface area contributed by atoms with Crippen molar-refractivity contribution in [2.45, 2.75) is 6.54 Å². The molecule has 0 saturated heterocycles. The van der Waals surface area contributed by atoms with Crippen LogP contribution >= 0.6 is 0 Å². The molecule has 5 nitrogen and oxygen atoms in total. The van der Waals surface area contributed by atoms with Gasteiger partial charge in [-0.2, -0.15) is 0 Å². The fourth-order valence-corrected chi connectivity index (χ4v) is 1.45. The summed E-state index contributed by atoms with van der Waals surface area (Å²) >= 11 is 0. The minimum Gasteiger partial charge on any atom is -0.396 e. The Morgan fingerprint density at radius 1 is 1.17 bits per heavy atom. The Kier molecular flexibility index (Phi) is 3.76. The lowest BCUT2D eigenvalue weighted by Crippen LogP contribution is -2.28. The van der Waals surface area contributed by atoms with Crippen molar-refractivity contribution in [2.75, 3.05) is 11.1 Å². The number of hydrogen-bond donors (Lipinski definition) is 3. The molecule has 0 radical (unpaired) electrons. The molecule has 0 aliphatic rings. The van der Waals surface area contributed by atoms with Crippen LogP contribution in [0.2, 0.25) is 0 Å². The molecule has 4 N–H and O–H groups in total. The van der Waals surface area contributed by atoms with Crippen LogP contribution in [-0.2, 0) is 6.54 Å². The summed E-state index contributed by atoms with van der Waals surface area (Å²) in [4.78, 5) is 15.6. The van der Waals surface area contributed by atoms with E-state index < -0.39 is 0 Å². The average Bonchev–Trinajstić information content (AvgIpc) is 2.40. The van der Waals surface area contributed by atoms with Crippen LogP contribution in [0.3, 0.4) is 0 Å². The minimum absolute atomic E-state index is 0.329. The van der Waals surface area contributed by atoms with Crippen molar-refractivity contribution in [3.63, 3.8) is 0 Å². The number of carbonyl (C=O) groups excluding carboxylic acids is 1. The van der Waals surface area contributed by atoms with Gasteiger partial charge in [0, 0.05) is 12.7 Å². The number of nitrogens with one attached hydrogen (secondary N) is 2. The first-order valence-corrected chi connectivity index (χ1v) is 5.55. The predicted octanol–water partition coefficient (Wildman–Crippen LogP) is 1.99. The van der Waals surface area contributed by atoms with Gasteiger partial charge in [-0.3, -0.25) is 5.32 Å². The Labute approximate surface area is 105 Å². The van der Waals surface area contributed by atoms with Gasteiger partial charge in [0.2, 0.25) is 0 Å². The Morgan fingerprint density at radius 3 is 2.67 bits per heavy atom. The second-order valence-corrected chi connectivity index (χ2v) is 3.73. The zero-order valence-electron chi connectivity index (χ0n) is 9.76. The molecule has 1 aromatic carbocycles. The van der Waals surface area contributed by atoms with Crippen molar-refractivity contribution >= 4 is 17.5 Å². The molecule has 0 saturated carbocycles. The fraction of sp³-hybridized carbons (Fsp3) is 0.0769. The Bertz CT molecular complexity index is 528. The molecule has 2 amide bonds. The fourth-order valence-electron chi connectivity index (χ4n) is 1.45. The second kappa shape index (κ2) is 5.67. The van der Waals surface area contributed by atoms with E-state index in [1.807, 2.05) is 30.3 Å². The first kappa shape index (κ1) is 11.9. The van der Waals surface area contributed by atoms with Crippen molar-refractivity contribution in [3.8, 4) is 0 Å². The Hall–Kier alpha value is -2.56. The van der Waals surface area contributed by atoms with Crippen molar-refractivity contribution in [3.05, 3.63) is 54.2 Å². The van der Waals surface area contributed by atoms with E-state index in [0.717, 1.165) is 5.56 Å². The second-order valence-electron chi connectivity index (χ2n) is 3.73. The SMILES string of the molecule is Nc1cccnc1NC(=O)NCc1ccccc1. The number of benzene rings is 1. The molecule has 2 rings (SSSR count). The van der Waals surface area contributed by atoms with Gasteiger partial charge in [0.25, 0.3) is 0 Å². The average molecular weight is 242 g/mol. The zero-order chi connectivity index (χ0) is 12.8. The summed E-state index contributed by atoms with van der Waals surface area (Å²) in [7, 11) is 0. The van der Waals surface area contributed by atoms with Gasteiger partial charge in [-0.05, 0) is 17.7 Å². The molecule has 92 valence electrons. The maximum Gasteiger partial charge on any atom is 0.320 e. The number of pyridine rings is 1. The first-order chi connectivity index (χ1) is 8.75. The molecule has 0 atom stereocenters. The number of nitrogens with two attached hydrogens (primary N) is 1. The molecule has 18 heavy (non-hydrogen) atoms. The van der Waals surface area contributed by atoms with Crippen LogP contribution in [0.25, 0.3) is 0 Å². The number of carbonyl (C=O) groups is 1. The summed E-state index contributed by atoms with van der Waals surface area (Å²) in [5, 5.41) is 5.32. The van der Waals surface area contributed by atoms with Gasteiger partial charge in [0.1, 0.15) is 0 Å². The summed E-state index contributed by atoms with van der Waals surface area (Å²) in [6.45, 7) is 0.458. The standard InChI is InChI=1S/C13H14N4O/c14-11-7-4-8-15-12(11)17-13(18)16-9-10-5-2-1-3-6-10/h1-8H,9,14H2,(H2,15,16,17,18). The van der Waals surface area contributed by atoms with E-state index in [9.17, 15) is 4.79 Å². The largest absolute Gasteiger partial charge is 0.396 e. The highest BCUT2D eigenvalue weighted by Gasteiger charge is 2.04. The number of anilines is 2. The molecule has 1 heterocycles. The van der Waals surface area contributed by atoms with E-state index in [0.29, 0.717) is 18.1 Å². The highest BCUT2D eigenvalue weighted by atomic mass is 16.2. The maximum atomic E-state index is 11.6. The summed E-state index contributed by atoms with van der Waals surface area (Å²) in [5.74, 6) is 0.364. The molecule has 2 aromatic rings. The van der Waals surface area contributed by atoms with Gasteiger partial charge in [0.05, 0.1) is 5.69 Å². The summed E-state index contributed by atoms with van der Waals surface area (Å²) in [6.07, 6.45) is 1.57. The van der Waals surface area contributed by atoms with E-state index in [1.54, 1.807) is 18.3 Å². The number of nitrogen functional groups attached to an aromatic ring is 1. The maximum absolute atomic E-state index is 11.6. The van der Waals surface area contributed by atoms with Crippen molar-refractivity contribution < 1.29 is 4.79 Å². The van der Waals surface area contributed by atoms with Crippen molar-refractivity contribution in [1.82, 2.24) is 10.3 Å². The zero-order valence-corrected chi connectivity index (χ0v) is 9.76. The smallest absolute Gasteiger partial charge is 0.320 e. The topological polar surface area (TPSA) is 80.0 Å². The van der Waals surface area contributed by atoms with E-state index in [-0.39, 0.29) is 6.03 Å². The van der Waals surface area contributed by atoms with Crippen LogP contribution in [0, 0.1) is 0 Å². The molecular formula is C13H14N4O. The van der Waals surface area contributed by atoms with Crippen LogP contribution in [0.4, 0.5) is 16.3 Å². The summed E-state index contributed by atoms with van der Waals surface area (Å²) < 4.78 is 0. The normalized spacial score (nSPS) is 9.78. The van der Waals surface area contributed by atoms with E-state index in [4.69, 9.17) is 5.73 Å². The Morgan fingerprint density at radius 2 is 1.94 bits per heavy atom. The molecule has 1 aromatic heterocycles. The summed E-state index contributed by atoms with van der Waals surface area (Å²) in [5.41, 5.74) is 7.14. The van der Waals surface area contributed by atoms with E-state index in [2.05, 4.69) is 15.6 Å². The van der Waals surface area contributed by atoms with Crippen LogP contribution in [-0.4, -0.2) is 11.0 Å². The van der Waals surface area contributed by atoms with Crippen molar-refractivity contribution in [2.24, 2.45) is 0 Å². The van der Waals surface area contributed by atoms with Gasteiger partial charge in [0.15, 0.2) is 5.82 Å². The molecule has 0 unspecified atom stereocenters. The monoisotopic (exact) mass is 242 g/mol. The third kappa shape index (κ3) is 3.21. The van der Waals surface area contributed by atoms with Crippen molar-refractivity contribution in [1.29, 1.82) is 0 Å². The minimum atomic E-state index is -0.329. The van der Waals surface area contributed by atoms with Gasteiger partial charge in [-0.1, -0.05) is 30.3 Å². The number of aromatic nitrogens is 1. The number of amides is 2. The predicted molar refractivity (Wildman–Crippen MR) is 70.9 cm³/mol. The van der Waals surface area contributed by atoms with Crippen LogP contribution < -0.4 is 16.4 Å². The van der Waals surface area contributed by atoms with Gasteiger partial charge in [-0.25, -0.2) is 9.78 Å². The number of urea groups is 1. The Balaban J connectivity index is 1.88. The molecular weight excluding hydrogens is 228 g/mol. The molecule has 0 aliphatic carbocycles. The lowest BCUT2D eigenvalue weighted by Gasteiger charge is -2.08. The van der Waals surface area contributed by atoms with Crippen LogP contribution in [0.5, 0.6) is 0 Å². The van der Waals surface area contributed by atoms with Crippen LogP contribution in [0.15, 0.2) is 48.7 Å². The van der Waals surface area contributed by atoms with E-state index in [1.165, 1.54) is 0 Å². The molecule has 0 fully saturated rings. The van der Waals surface area contributed by atoms with E-state index >= 15 is 0 Å². The molecule has 0 bridgehead atoms. The van der Waals surface area contributed by atoms with Gasteiger partial charge >= 0.3 is 6.03 Å².